The molecule has 1 aliphatic carbocycles. The van der Waals surface area contributed by atoms with Gasteiger partial charge < -0.3 is 0 Å². The first-order valence-electron chi connectivity index (χ1n) is 4.08. The second kappa shape index (κ2) is 3.90. The molecule has 12 heavy (non-hydrogen) atoms. The molecule has 1 atom stereocenters. The van der Waals surface area contributed by atoms with Gasteiger partial charge in [-0.15, -0.1) is 11.6 Å². The summed E-state index contributed by atoms with van der Waals surface area (Å²) in [6.07, 6.45) is 3.49. The molecule has 0 amide bonds. The Kier molecular flexibility index (Phi) is 3.10. The van der Waals surface area contributed by atoms with Crippen molar-refractivity contribution in [3.63, 3.8) is 0 Å². The van der Waals surface area contributed by atoms with Crippen LogP contribution in [0.1, 0.15) is 19.8 Å². The second-order valence-corrected chi connectivity index (χ2v) is 3.51. The molecule has 0 radical (unpaired) electrons. The molecule has 0 saturated carbocycles. The largest absolute Gasteiger partial charge is 0.295 e. The van der Waals surface area contributed by atoms with E-state index in [2.05, 4.69) is 6.58 Å². The van der Waals surface area contributed by atoms with Gasteiger partial charge in [0.1, 0.15) is 0 Å². The fourth-order valence-electron chi connectivity index (χ4n) is 1.32. The summed E-state index contributed by atoms with van der Waals surface area (Å²) >= 11 is 5.64. The highest BCUT2D eigenvalue weighted by Crippen LogP contribution is 2.26. The van der Waals surface area contributed by atoms with Crippen LogP contribution < -0.4 is 0 Å². The Hall–Kier alpha value is -0.560. The molecule has 0 N–H and O–H groups in total. The van der Waals surface area contributed by atoms with Crippen LogP contribution >= 0.6 is 11.6 Å². The normalized spacial score (nSPS) is 23.7. The van der Waals surface area contributed by atoms with Gasteiger partial charge in [0.05, 0.1) is 0 Å². The molecule has 0 aromatic carbocycles. The van der Waals surface area contributed by atoms with Crippen molar-refractivity contribution in [3.05, 3.63) is 23.8 Å². The highest BCUT2D eigenvalue weighted by atomic mass is 35.5. The molecule has 1 rings (SSSR count). The Morgan fingerprint density at radius 2 is 2.50 bits per heavy atom. The molecule has 0 aliphatic heterocycles. The molecule has 2 heteroatoms. The number of hydrogen-bond acceptors (Lipinski definition) is 1. The lowest BCUT2D eigenvalue weighted by Crippen LogP contribution is -2.16. The molecule has 66 valence electrons. The minimum absolute atomic E-state index is 0.234. The number of Topliss-reactive ketones (excluding diaryl/α,β-unsaturated/α-hetero) is 1. The van der Waals surface area contributed by atoms with Gasteiger partial charge in [-0.05, 0) is 24.8 Å². The van der Waals surface area contributed by atoms with Crippen LogP contribution in [-0.4, -0.2) is 11.7 Å². The standard InChI is InChI=1S/C10H13ClO/c1-7-3-4-9(5-10(7)12)8(2)6-11/h3,9H,2,4-6H2,1H3. The molecule has 0 aromatic heterocycles. The number of rotatable bonds is 2. The average molecular weight is 185 g/mol. The van der Waals surface area contributed by atoms with E-state index < -0.39 is 0 Å². The maximum atomic E-state index is 11.3. The fourth-order valence-corrected chi connectivity index (χ4v) is 1.54. The van der Waals surface area contributed by atoms with Gasteiger partial charge in [0.25, 0.3) is 0 Å². The van der Waals surface area contributed by atoms with Crippen molar-refractivity contribution < 1.29 is 4.79 Å². The predicted octanol–water partition coefficient (Wildman–Crippen LogP) is 2.71. The van der Waals surface area contributed by atoms with Crippen LogP contribution in [0.25, 0.3) is 0 Å². The summed E-state index contributed by atoms with van der Waals surface area (Å²) in [5, 5.41) is 0. The topological polar surface area (TPSA) is 17.1 Å². The Morgan fingerprint density at radius 1 is 1.83 bits per heavy atom. The van der Waals surface area contributed by atoms with E-state index in [1.807, 2.05) is 13.0 Å². The monoisotopic (exact) mass is 184 g/mol. The lowest BCUT2D eigenvalue weighted by atomic mass is 9.85. The number of carbonyl (C=O) groups excluding carboxylic acids is 1. The van der Waals surface area contributed by atoms with Crippen molar-refractivity contribution in [2.24, 2.45) is 5.92 Å². The van der Waals surface area contributed by atoms with Gasteiger partial charge in [-0.1, -0.05) is 18.2 Å². The van der Waals surface area contributed by atoms with Crippen molar-refractivity contribution in [3.8, 4) is 0 Å². The molecule has 0 fully saturated rings. The molecule has 0 heterocycles. The number of ketones is 1. The first kappa shape index (κ1) is 9.53. The molecule has 0 bridgehead atoms. The van der Waals surface area contributed by atoms with Crippen molar-refractivity contribution >= 4 is 17.4 Å². The first-order chi connectivity index (χ1) is 5.65. The van der Waals surface area contributed by atoms with E-state index in [0.717, 1.165) is 17.6 Å². The lowest BCUT2D eigenvalue weighted by molar-refractivity contribution is -0.116. The minimum Gasteiger partial charge on any atom is -0.295 e. The highest BCUT2D eigenvalue weighted by molar-refractivity contribution is 6.19. The second-order valence-electron chi connectivity index (χ2n) is 3.24. The van der Waals surface area contributed by atoms with Crippen LogP contribution in [0.5, 0.6) is 0 Å². The smallest absolute Gasteiger partial charge is 0.158 e. The highest BCUT2D eigenvalue weighted by Gasteiger charge is 2.20. The summed E-state index contributed by atoms with van der Waals surface area (Å²) in [6, 6.07) is 0. The van der Waals surface area contributed by atoms with E-state index in [1.165, 1.54) is 0 Å². The Bertz CT molecular complexity index is 240. The van der Waals surface area contributed by atoms with E-state index >= 15 is 0 Å². The summed E-state index contributed by atoms with van der Waals surface area (Å²) in [5.74, 6) is 0.974. The van der Waals surface area contributed by atoms with Gasteiger partial charge in [-0.25, -0.2) is 0 Å². The summed E-state index contributed by atoms with van der Waals surface area (Å²) < 4.78 is 0. The van der Waals surface area contributed by atoms with Gasteiger partial charge in [-0.3, -0.25) is 4.79 Å². The third-order valence-electron chi connectivity index (χ3n) is 2.33. The predicted molar refractivity (Wildman–Crippen MR) is 51.3 cm³/mol. The maximum Gasteiger partial charge on any atom is 0.158 e. The number of alkyl halides is 1. The van der Waals surface area contributed by atoms with Gasteiger partial charge in [0.2, 0.25) is 0 Å². The molecule has 0 aromatic rings. The van der Waals surface area contributed by atoms with Crippen molar-refractivity contribution in [2.75, 3.05) is 5.88 Å². The van der Waals surface area contributed by atoms with Crippen molar-refractivity contribution in [1.29, 1.82) is 0 Å². The zero-order valence-corrected chi connectivity index (χ0v) is 8.03. The maximum absolute atomic E-state index is 11.3. The van der Waals surface area contributed by atoms with Crippen molar-refractivity contribution in [2.45, 2.75) is 19.8 Å². The van der Waals surface area contributed by atoms with Crippen LogP contribution in [-0.2, 0) is 4.79 Å². The minimum atomic E-state index is 0.234. The molecule has 0 spiro atoms. The number of allylic oxidation sites excluding steroid dienone is 3. The Labute approximate surface area is 78.1 Å². The summed E-state index contributed by atoms with van der Waals surface area (Å²) in [6.45, 7) is 5.71. The van der Waals surface area contributed by atoms with Crippen molar-refractivity contribution in [1.82, 2.24) is 0 Å². The summed E-state index contributed by atoms with van der Waals surface area (Å²) in [4.78, 5) is 11.3. The average Bonchev–Trinajstić information content (AvgIpc) is 2.08. The van der Waals surface area contributed by atoms with E-state index in [1.54, 1.807) is 0 Å². The molecular formula is C10H13ClO. The van der Waals surface area contributed by atoms with Crippen LogP contribution in [0.2, 0.25) is 0 Å². The van der Waals surface area contributed by atoms with E-state index in [-0.39, 0.29) is 11.7 Å². The fraction of sp³-hybridized carbons (Fsp3) is 0.500. The lowest BCUT2D eigenvalue weighted by Gasteiger charge is -2.20. The van der Waals surface area contributed by atoms with Gasteiger partial charge in [0, 0.05) is 12.3 Å². The third kappa shape index (κ3) is 1.98. The molecule has 1 aliphatic rings. The zero-order chi connectivity index (χ0) is 9.14. The number of hydrogen-bond donors (Lipinski definition) is 0. The van der Waals surface area contributed by atoms with Crippen LogP contribution in [0, 0.1) is 5.92 Å². The van der Waals surface area contributed by atoms with Gasteiger partial charge in [0.15, 0.2) is 5.78 Å². The van der Waals surface area contributed by atoms with Crippen LogP contribution in [0.3, 0.4) is 0 Å². The Morgan fingerprint density at radius 3 is 3.00 bits per heavy atom. The summed E-state index contributed by atoms with van der Waals surface area (Å²) in [5.41, 5.74) is 1.86. The van der Waals surface area contributed by atoms with Crippen LogP contribution in [0.4, 0.5) is 0 Å². The zero-order valence-electron chi connectivity index (χ0n) is 7.27. The Balaban J connectivity index is 2.65. The van der Waals surface area contributed by atoms with Gasteiger partial charge in [-0.2, -0.15) is 0 Å². The summed E-state index contributed by atoms with van der Waals surface area (Å²) in [7, 11) is 0. The van der Waals surface area contributed by atoms with E-state index in [9.17, 15) is 4.79 Å². The molecule has 1 nitrogen and oxygen atoms in total. The molecule has 0 saturated heterocycles. The van der Waals surface area contributed by atoms with E-state index in [0.29, 0.717) is 12.3 Å². The molecule has 1 unspecified atom stereocenters. The quantitative estimate of drug-likeness (QED) is 0.477. The molecular weight excluding hydrogens is 172 g/mol. The third-order valence-corrected chi connectivity index (χ3v) is 2.67. The SMILES string of the molecule is C=C(CCl)C1CC=C(C)C(=O)C1. The number of carbonyl (C=O) groups is 1. The first-order valence-corrected chi connectivity index (χ1v) is 4.62. The van der Waals surface area contributed by atoms with Crippen LogP contribution in [0.15, 0.2) is 23.8 Å². The van der Waals surface area contributed by atoms with Gasteiger partial charge >= 0.3 is 0 Å². The van der Waals surface area contributed by atoms with E-state index in [4.69, 9.17) is 11.6 Å². The number of halogens is 1.